The Morgan fingerprint density at radius 3 is 2.36 bits per heavy atom. The average Bonchev–Trinajstić information content (AvgIpc) is 2.00. The van der Waals surface area contributed by atoms with E-state index in [-0.39, 0.29) is 0 Å². The molecule has 2 heteroatoms. The van der Waals surface area contributed by atoms with Crippen LogP contribution in [-0.4, -0.2) is 6.54 Å². The van der Waals surface area contributed by atoms with Gasteiger partial charge in [0.2, 0.25) is 0 Å². The van der Waals surface area contributed by atoms with Gasteiger partial charge >= 0.3 is 0 Å². The normalized spacial score (nSPS) is 15.9. The van der Waals surface area contributed by atoms with Crippen molar-refractivity contribution in [1.29, 1.82) is 0 Å². The molecule has 0 saturated carbocycles. The van der Waals surface area contributed by atoms with E-state index >= 15 is 0 Å². The minimum atomic E-state index is 0.484. The Labute approximate surface area is 69.4 Å². The second-order valence-electron chi connectivity index (χ2n) is 3.50. The van der Waals surface area contributed by atoms with E-state index in [9.17, 15) is 4.91 Å². The monoisotopic (exact) mass is 157 g/mol. The van der Waals surface area contributed by atoms with Crippen molar-refractivity contribution in [1.82, 2.24) is 0 Å². The lowest BCUT2D eigenvalue weighted by atomic mass is 9.93. The third-order valence-electron chi connectivity index (χ3n) is 2.21. The molecule has 0 heterocycles. The van der Waals surface area contributed by atoms with Crippen molar-refractivity contribution in [2.24, 2.45) is 17.0 Å². The van der Waals surface area contributed by atoms with Gasteiger partial charge in [0.05, 0.1) is 6.54 Å². The third kappa shape index (κ3) is 6.02. The molecule has 0 amide bonds. The van der Waals surface area contributed by atoms with E-state index in [4.69, 9.17) is 0 Å². The van der Waals surface area contributed by atoms with Crippen molar-refractivity contribution >= 4 is 0 Å². The van der Waals surface area contributed by atoms with E-state index in [0.717, 1.165) is 12.3 Å². The fourth-order valence-corrected chi connectivity index (χ4v) is 1.24. The summed E-state index contributed by atoms with van der Waals surface area (Å²) < 4.78 is 0. The van der Waals surface area contributed by atoms with Gasteiger partial charge in [-0.3, -0.25) is 0 Å². The number of hydrogen-bond acceptors (Lipinski definition) is 2. The van der Waals surface area contributed by atoms with Crippen molar-refractivity contribution in [3.05, 3.63) is 4.91 Å². The Morgan fingerprint density at radius 1 is 1.27 bits per heavy atom. The van der Waals surface area contributed by atoms with Crippen LogP contribution in [-0.2, 0) is 0 Å². The van der Waals surface area contributed by atoms with Crippen LogP contribution < -0.4 is 0 Å². The molecule has 0 aliphatic carbocycles. The van der Waals surface area contributed by atoms with Gasteiger partial charge in [-0.15, -0.1) is 0 Å². The van der Waals surface area contributed by atoms with Crippen LogP contribution in [0.2, 0.25) is 0 Å². The highest BCUT2D eigenvalue weighted by molar-refractivity contribution is 4.59. The van der Waals surface area contributed by atoms with Gasteiger partial charge < -0.3 is 0 Å². The number of nitrogens with zero attached hydrogens (tertiary/aromatic N) is 1. The summed E-state index contributed by atoms with van der Waals surface area (Å²) in [6, 6.07) is 0. The molecule has 0 spiro atoms. The Balaban J connectivity index is 3.34. The molecular weight excluding hydrogens is 138 g/mol. The van der Waals surface area contributed by atoms with Gasteiger partial charge in [-0.1, -0.05) is 32.4 Å². The van der Waals surface area contributed by atoms with E-state index in [1.807, 2.05) is 0 Å². The Hall–Kier alpha value is -0.400. The first-order chi connectivity index (χ1) is 5.20. The van der Waals surface area contributed by atoms with Crippen LogP contribution in [0.3, 0.4) is 0 Å². The van der Waals surface area contributed by atoms with Crippen molar-refractivity contribution < 1.29 is 0 Å². The van der Waals surface area contributed by atoms with Crippen molar-refractivity contribution in [2.75, 3.05) is 6.54 Å². The SMILES string of the molecule is CCC(C)CC(C)CCN=O. The lowest BCUT2D eigenvalue weighted by Gasteiger charge is -2.13. The summed E-state index contributed by atoms with van der Waals surface area (Å²) in [4.78, 5) is 9.81. The quantitative estimate of drug-likeness (QED) is 0.544. The molecule has 2 atom stereocenters. The summed E-state index contributed by atoms with van der Waals surface area (Å²) in [5.74, 6) is 1.44. The molecule has 0 aromatic rings. The number of rotatable bonds is 6. The highest BCUT2D eigenvalue weighted by atomic mass is 16.3. The van der Waals surface area contributed by atoms with Crippen LogP contribution in [0.15, 0.2) is 5.18 Å². The summed E-state index contributed by atoms with van der Waals surface area (Å²) in [5.41, 5.74) is 0. The highest BCUT2D eigenvalue weighted by Gasteiger charge is 2.06. The van der Waals surface area contributed by atoms with Gasteiger partial charge in [-0.05, 0) is 24.7 Å². The maximum absolute atomic E-state index is 9.81. The minimum Gasteiger partial charge on any atom is -0.151 e. The maximum atomic E-state index is 9.81. The fraction of sp³-hybridized carbons (Fsp3) is 1.00. The zero-order chi connectivity index (χ0) is 8.69. The molecule has 0 fully saturated rings. The molecule has 0 saturated heterocycles. The predicted molar refractivity (Wildman–Crippen MR) is 48.5 cm³/mol. The van der Waals surface area contributed by atoms with Gasteiger partial charge in [0.1, 0.15) is 0 Å². The van der Waals surface area contributed by atoms with Crippen LogP contribution in [0.1, 0.15) is 40.0 Å². The summed E-state index contributed by atoms with van der Waals surface area (Å²) >= 11 is 0. The van der Waals surface area contributed by atoms with Crippen LogP contribution in [0, 0.1) is 16.7 Å². The zero-order valence-electron chi connectivity index (χ0n) is 7.84. The van der Waals surface area contributed by atoms with Crippen molar-refractivity contribution in [2.45, 2.75) is 40.0 Å². The van der Waals surface area contributed by atoms with E-state index in [2.05, 4.69) is 25.9 Å². The molecule has 0 N–H and O–H groups in total. The molecule has 0 rings (SSSR count). The van der Waals surface area contributed by atoms with Crippen LogP contribution in [0.25, 0.3) is 0 Å². The lowest BCUT2D eigenvalue weighted by molar-refractivity contribution is 0.391. The molecule has 2 unspecified atom stereocenters. The summed E-state index contributed by atoms with van der Waals surface area (Å²) in [7, 11) is 0. The first-order valence-electron chi connectivity index (χ1n) is 4.49. The van der Waals surface area contributed by atoms with Crippen LogP contribution >= 0.6 is 0 Å². The second-order valence-corrected chi connectivity index (χ2v) is 3.50. The number of nitroso groups, excluding NO2 is 1. The smallest absolute Gasteiger partial charge is 0.0813 e. The zero-order valence-corrected chi connectivity index (χ0v) is 7.84. The molecule has 0 aromatic heterocycles. The summed E-state index contributed by atoms with van der Waals surface area (Å²) in [6.07, 6.45) is 3.42. The minimum absolute atomic E-state index is 0.484. The molecule has 0 bridgehead atoms. The Bertz CT molecular complexity index is 104. The fourth-order valence-electron chi connectivity index (χ4n) is 1.24. The average molecular weight is 157 g/mol. The summed E-state index contributed by atoms with van der Waals surface area (Å²) in [5, 5.41) is 2.86. The largest absolute Gasteiger partial charge is 0.151 e. The summed E-state index contributed by atoms with van der Waals surface area (Å²) in [6.45, 7) is 7.13. The van der Waals surface area contributed by atoms with E-state index < -0.39 is 0 Å². The van der Waals surface area contributed by atoms with E-state index in [0.29, 0.717) is 12.5 Å². The molecule has 0 aliphatic heterocycles. The number of hydrogen-bond donors (Lipinski definition) is 0. The molecule has 0 radical (unpaired) electrons. The molecule has 0 aliphatic rings. The highest BCUT2D eigenvalue weighted by Crippen LogP contribution is 2.17. The molecule has 0 aromatic carbocycles. The van der Waals surface area contributed by atoms with Gasteiger partial charge in [0.15, 0.2) is 0 Å². The standard InChI is InChI=1S/C9H19NO/c1-4-8(2)7-9(3)5-6-10-11/h8-9H,4-7H2,1-3H3. The van der Waals surface area contributed by atoms with Gasteiger partial charge in [0, 0.05) is 0 Å². The maximum Gasteiger partial charge on any atom is 0.0813 e. The lowest BCUT2D eigenvalue weighted by Crippen LogP contribution is -2.03. The van der Waals surface area contributed by atoms with Gasteiger partial charge in [-0.25, -0.2) is 0 Å². The van der Waals surface area contributed by atoms with Gasteiger partial charge in [-0.2, -0.15) is 4.91 Å². The molecule has 66 valence electrons. The third-order valence-corrected chi connectivity index (χ3v) is 2.21. The van der Waals surface area contributed by atoms with Crippen molar-refractivity contribution in [3.63, 3.8) is 0 Å². The Morgan fingerprint density at radius 2 is 1.91 bits per heavy atom. The van der Waals surface area contributed by atoms with E-state index in [1.54, 1.807) is 0 Å². The van der Waals surface area contributed by atoms with Crippen LogP contribution in [0.5, 0.6) is 0 Å². The molecule has 11 heavy (non-hydrogen) atoms. The van der Waals surface area contributed by atoms with Crippen molar-refractivity contribution in [3.8, 4) is 0 Å². The topological polar surface area (TPSA) is 29.4 Å². The Kier molecular flexibility index (Phi) is 6.09. The first kappa shape index (κ1) is 10.6. The molecular formula is C9H19NO. The molecule has 2 nitrogen and oxygen atoms in total. The first-order valence-corrected chi connectivity index (χ1v) is 4.49. The van der Waals surface area contributed by atoms with Gasteiger partial charge in [0.25, 0.3) is 0 Å². The second kappa shape index (κ2) is 6.32. The predicted octanol–water partition coefficient (Wildman–Crippen LogP) is 3.22. The van der Waals surface area contributed by atoms with Crippen LogP contribution in [0.4, 0.5) is 0 Å². The van der Waals surface area contributed by atoms with E-state index in [1.165, 1.54) is 12.8 Å².